The van der Waals surface area contributed by atoms with E-state index in [1.54, 1.807) is 52.0 Å². The van der Waals surface area contributed by atoms with Gasteiger partial charge in [-0.3, -0.25) is 13.9 Å². The predicted octanol–water partition coefficient (Wildman–Crippen LogP) is 5.62. The van der Waals surface area contributed by atoms with Gasteiger partial charge in [0, 0.05) is 0 Å². The number of benzene rings is 1. The molecule has 0 unspecified atom stereocenters. The van der Waals surface area contributed by atoms with Crippen LogP contribution in [0.4, 0.5) is 0 Å². The number of fused-ring (bicyclic) bond motifs is 1. The van der Waals surface area contributed by atoms with E-state index in [2.05, 4.69) is 0 Å². The average molecular weight is 444 g/mol. The zero-order valence-corrected chi connectivity index (χ0v) is 18.7. The second-order valence-electron chi connectivity index (χ2n) is 5.68. The summed E-state index contributed by atoms with van der Waals surface area (Å²) in [6, 6.07) is 6.70. The minimum absolute atomic E-state index is 0.0259. The highest BCUT2D eigenvalue weighted by Crippen LogP contribution is 2.74. The fraction of sp³-hybridized carbons (Fsp3) is 0.421. The molecule has 0 N–H and O–H groups in total. The molecule has 0 amide bonds. The van der Waals surface area contributed by atoms with Gasteiger partial charge in [0.2, 0.25) is 0 Å². The Kier molecular flexibility index (Phi) is 8.58. The van der Waals surface area contributed by atoms with Crippen LogP contribution in [0, 0.1) is 0 Å². The lowest BCUT2D eigenvalue weighted by molar-refractivity contribution is 0.214. The van der Waals surface area contributed by atoms with Crippen LogP contribution < -0.4 is 5.43 Å². The molecule has 1 aromatic carbocycles. The van der Waals surface area contributed by atoms with E-state index in [9.17, 15) is 13.9 Å². The monoisotopic (exact) mass is 444 g/mol. The SMILES string of the molecule is CCOP(=O)(OCC)C(=Cc1coc2ccccc2c1=O)P(=O)(OCC)OCC. The van der Waals surface area contributed by atoms with Crippen LogP contribution in [0.15, 0.2) is 44.8 Å². The van der Waals surface area contributed by atoms with Gasteiger partial charge in [-0.2, -0.15) is 0 Å². The first kappa shape index (κ1) is 23.7. The quantitative estimate of drug-likeness (QED) is 0.412. The highest BCUT2D eigenvalue weighted by molar-refractivity contribution is 7.79. The minimum Gasteiger partial charge on any atom is -0.463 e. The van der Waals surface area contributed by atoms with Gasteiger partial charge in [0.1, 0.15) is 11.8 Å². The van der Waals surface area contributed by atoms with Crippen molar-refractivity contribution >= 4 is 32.2 Å². The summed E-state index contributed by atoms with van der Waals surface area (Å²) in [6.45, 7) is 6.61. The van der Waals surface area contributed by atoms with Gasteiger partial charge >= 0.3 is 15.2 Å². The Balaban J connectivity index is 2.79. The third kappa shape index (κ3) is 5.34. The maximum Gasteiger partial charge on any atom is 0.369 e. The summed E-state index contributed by atoms with van der Waals surface area (Å²) < 4.78 is 54.0. The van der Waals surface area contributed by atoms with Crippen molar-refractivity contribution in [1.29, 1.82) is 0 Å². The topological polar surface area (TPSA) is 101 Å². The highest BCUT2D eigenvalue weighted by Gasteiger charge is 2.45. The Morgan fingerprint density at radius 3 is 1.86 bits per heavy atom. The van der Waals surface area contributed by atoms with Gasteiger partial charge in [-0.15, -0.1) is 0 Å². The first-order valence-corrected chi connectivity index (χ1v) is 12.4. The van der Waals surface area contributed by atoms with E-state index in [1.165, 1.54) is 12.3 Å². The summed E-state index contributed by atoms with van der Waals surface area (Å²) >= 11 is 0. The summed E-state index contributed by atoms with van der Waals surface area (Å²) in [5, 5.41) is -0.00844. The van der Waals surface area contributed by atoms with E-state index in [0.717, 1.165) is 0 Å². The molecule has 0 bridgehead atoms. The van der Waals surface area contributed by atoms with Gasteiger partial charge < -0.3 is 22.5 Å². The van der Waals surface area contributed by atoms with Crippen molar-refractivity contribution in [2.24, 2.45) is 0 Å². The molecule has 2 aromatic rings. The van der Waals surface area contributed by atoms with Crippen LogP contribution in [-0.4, -0.2) is 26.4 Å². The van der Waals surface area contributed by atoms with Crippen molar-refractivity contribution < 1.29 is 31.6 Å². The maximum absolute atomic E-state index is 13.5. The summed E-state index contributed by atoms with van der Waals surface area (Å²) in [5.74, 6) is 0. The van der Waals surface area contributed by atoms with Crippen LogP contribution in [0.1, 0.15) is 33.3 Å². The van der Waals surface area contributed by atoms with Crippen molar-refractivity contribution in [2.75, 3.05) is 26.4 Å². The first-order valence-electron chi connectivity index (χ1n) is 9.36. The van der Waals surface area contributed by atoms with E-state index in [1.807, 2.05) is 0 Å². The van der Waals surface area contributed by atoms with Crippen molar-refractivity contribution in [3.05, 3.63) is 51.4 Å². The smallest absolute Gasteiger partial charge is 0.369 e. The fourth-order valence-corrected chi connectivity index (χ4v) is 7.18. The van der Waals surface area contributed by atoms with Gasteiger partial charge in [0.15, 0.2) is 10.5 Å². The molecular weight excluding hydrogens is 418 g/mol. The number of para-hydroxylation sites is 1. The van der Waals surface area contributed by atoms with E-state index in [0.29, 0.717) is 11.0 Å². The molecule has 0 spiro atoms. The minimum atomic E-state index is -4.09. The lowest BCUT2D eigenvalue weighted by atomic mass is 10.2. The molecule has 0 radical (unpaired) electrons. The van der Waals surface area contributed by atoms with Crippen molar-refractivity contribution in [2.45, 2.75) is 27.7 Å². The standard InChI is InChI=1S/C19H26O8P2/c1-5-24-28(21,25-6-2)18(29(22,26-7-3)27-8-4)13-15-14-23-17-12-10-9-11-16(17)19(15)20/h9-14H,5-8H2,1-4H3. The number of rotatable bonds is 11. The van der Waals surface area contributed by atoms with Crippen LogP contribution in [-0.2, 0) is 27.2 Å². The van der Waals surface area contributed by atoms with Crippen LogP contribution in [0.2, 0.25) is 0 Å². The Morgan fingerprint density at radius 1 is 0.897 bits per heavy atom. The van der Waals surface area contributed by atoms with Gasteiger partial charge in [-0.25, -0.2) is 0 Å². The Morgan fingerprint density at radius 2 is 1.38 bits per heavy atom. The van der Waals surface area contributed by atoms with Crippen molar-refractivity contribution in [3.8, 4) is 0 Å². The largest absolute Gasteiger partial charge is 0.463 e. The van der Waals surface area contributed by atoms with Gasteiger partial charge in [0.25, 0.3) is 0 Å². The van der Waals surface area contributed by atoms with Gasteiger partial charge in [-0.05, 0) is 45.9 Å². The van der Waals surface area contributed by atoms with E-state index in [4.69, 9.17) is 22.5 Å². The molecule has 10 heteroatoms. The molecule has 0 saturated heterocycles. The van der Waals surface area contributed by atoms with Crippen LogP contribution in [0.5, 0.6) is 0 Å². The average Bonchev–Trinajstić information content (AvgIpc) is 2.68. The van der Waals surface area contributed by atoms with Gasteiger partial charge in [0.05, 0.1) is 37.4 Å². The molecule has 0 fully saturated rings. The number of hydrogen-bond acceptors (Lipinski definition) is 8. The van der Waals surface area contributed by atoms with Gasteiger partial charge in [-0.1, -0.05) is 12.1 Å². The molecule has 1 aromatic heterocycles. The third-order valence-corrected chi connectivity index (χ3v) is 8.99. The van der Waals surface area contributed by atoms with Crippen molar-refractivity contribution in [3.63, 3.8) is 0 Å². The molecule has 1 heterocycles. The molecule has 160 valence electrons. The molecule has 0 aliphatic carbocycles. The van der Waals surface area contributed by atoms with E-state index in [-0.39, 0.29) is 42.5 Å². The van der Waals surface area contributed by atoms with Crippen molar-refractivity contribution in [1.82, 2.24) is 0 Å². The first-order chi connectivity index (χ1) is 13.8. The van der Waals surface area contributed by atoms with E-state index < -0.39 is 15.2 Å². The second-order valence-corrected chi connectivity index (χ2v) is 10.0. The normalized spacial score (nSPS) is 12.3. The molecule has 0 atom stereocenters. The summed E-state index contributed by atoms with van der Waals surface area (Å²) in [7, 11) is -8.18. The maximum atomic E-state index is 13.5. The molecule has 0 saturated carbocycles. The Hall–Kier alpha value is -1.53. The lowest BCUT2D eigenvalue weighted by Crippen LogP contribution is -2.08. The molecular formula is C19H26O8P2. The van der Waals surface area contributed by atoms with Crippen LogP contribution in [0.25, 0.3) is 17.0 Å². The van der Waals surface area contributed by atoms with Crippen LogP contribution in [0.3, 0.4) is 0 Å². The molecule has 0 aliphatic heterocycles. The zero-order valence-electron chi connectivity index (χ0n) is 17.0. The van der Waals surface area contributed by atoms with E-state index >= 15 is 0 Å². The third-order valence-electron chi connectivity index (χ3n) is 3.75. The summed E-state index contributed by atoms with van der Waals surface area (Å²) in [6.07, 6.45) is 2.38. The molecule has 2 rings (SSSR count). The summed E-state index contributed by atoms with van der Waals surface area (Å²) in [4.78, 5) is 12.9. The number of hydrogen-bond donors (Lipinski definition) is 0. The Labute approximate surface area is 169 Å². The molecule has 29 heavy (non-hydrogen) atoms. The highest BCUT2D eigenvalue weighted by atomic mass is 31.2. The lowest BCUT2D eigenvalue weighted by Gasteiger charge is -2.25. The predicted molar refractivity (Wildman–Crippen MR) is 112 cm³/mol. The second kappa shape index (κ2) is 10.5. The summed E-state index contributed by atoms with van der Waals surface area (Å²) in [5.41, 5.74) is 0.0354. The van der Waals surface area contributed by atoms with Crippen LogP contribution >= 0.6 is 15.2 Å². The fourth-order valence-electron chi connectivity index (χ4n) is 2.66. The molecule has 8 nitrogen and oxygen atoms in total. The zero-order chi connectivity index (χ0) is 21.5. The Bertz CT molecular complexity index is 959. The molecule has 0 aliphatic rings.